The summed E-state index contributed by atoms with van der Waals surface area (Å²) in [4.78, 5) is 2.57. The molecule has 2 heterocycles. The van der Waals surface area contributed by atoms with Gasteiger partial charge in [0.15, 0.2) is 0 Å². The second-order valence-electron chi connectivity index (χ2n) is 13.7. The van der Waals surface area contributed by atoms with Gasteiger partial charge < -0.3 is 4.90 Å². The molecule has 6 aromatic carbocycles. The third-order valence-electron chi connectivity index (χ3n) is 11.5. The topological polar surface area (TPSA) is 3.24 Å². The Labute approximate surface area is 276 Å². The van der Waals surface area contributed by atoms with Crippen molar-refractivity contribution in [1.29, 1.82) is 0 Å². The average Bonchev–Trinajstić information content (AvgIpc) is 3.92. The molecule has 3 unspecified atom stereocenters. The number of hydrogen-bond donors (Lipinski definition) is 0. The van der Waals surface area contributed by atoms with E-state index in [2.05, 4.69) is 132 Å². The van der Waals surface area contributed by atoms with E-state index >= 15 is 0 Å². The standard InChI is InChI=1S/C43H31NS2/c1-4-11-35-33(10-1)42-36(43(35)25-26-16-17-27(43)22-26)12-7-13-37(42)44(28-19-21-40-34(23-28)31-9-3-6-15-39(31)45-40)29-18-20-32-30-8-2-5-14-38(30)46-41(32)24-29/h1-15,18-21,23-24,26-27H,16-17,22,25H2. The van der Waals surface area contributed by atoms with Crippen LogP contribution in [0.4, 0.5) is 17.1 Å². The Morgan fingerprint density at radius 2 is 1.22 bits per heavy atom. The second kappa shape index (κ2) is 9.31. The van der Waals surface area contributed by atoms with E-state index in [0.29, 0.717) is 0 Å². The predicted molar refractivity (Wildman–Crippen MR) is 199 cm³/mol. The third kappa shape index (κ3) is 3.35. The molecule has 3 atom stereocenters. The van der Waals surface area contributed by atoms with Crippen LogP contribution in [-0.2, 0) is 5.41 Å². The van der Waals surface area contributed by atoms with Crippen molar-refractivity contribution in [2.45, 2.75) is 31.1 Å². The Hall–Kier alpha value is -4.44. The monoisotopic (exact) mass is 625 g/mol. The highest BCUT2D eigenvalue weighted by Crippen LogP contribution is 2.67. The SMILES string of the molecule is c1ccc2c(c1)-c1c(N(c3ccc4c(c3)sc3ccccc34)c3ccc4sc5ccccc5c4c3)cccc1C21CC2CCC1C2. The van der Waals surface area contributed by atoms with Crippen molar-refractivity contribution in [2.75, 3.05) is 4.90 Å². The molecular formula is C43H31NS2. The first-order valence-corrected chi connectivity index (χ1v) is 18.3. The number of fused-ring (bicyclic) bond motifs is 14. The summed E-state index contributed by atoms with van der Waals surface area (Å²) in [6.07, 6.45) is 5.44. The molecule has 220 valence electrons. The van der Waals surface area contributed by atoms with Gasteiger partial charge in [0.1, 0.15) is 0 Å². The van der Waals surface area contributed by atoms with E-state index in [0.717, 1.165) is 11.8 Å². The molecule has 3 aliphatic carbocycles. The molecule has 2 bridgehead atoms. The van der Waals surface area contributed by atoms with Crippen LogP contribution in [0.25, 0.3) is 51.5 Å². The van der Waals surface area contributed by atoms with Crippen LogP contribution in [0.3, 0.4) is 0 Å². The lowest BCUT2D eigenvalue weighted by Gasteiger charge is -2.37. The Bertz CT molecular complexity index is 2530. The molecule has 1 nitrogen and oxygen atoms in total. The van der Waals surface area contributed by atoms with E-state index in [4.69, 9.17) is 0 Å². The zero-order valence-corrected chi connectivity index (χ0v) is 27.0. The van der Waals surface area contributed by atoms with Crippen molar-refractivity contribution in [3.8, 4) is 11.1 Å². The molecular weight excluding hydrogens is 595 g/mol. The fourth-order valence-corrected chi connectivity index (χ4v) is 12.0. The minimum atomic E-state index is 0.152. The van der Waals surface area contributed by atoms with Crippen molar-refractivity contribution < 1.29 is 0 Å². The van der Waals surface area contributed by atoms with Crippen molar-refractivity contribution in [1.82, 2.24) is 0 Å². The van der Waals surface area contributed by atoms with Crippen LogP contribution in [-0.4, -0.2) is 0 Å². The predicted octanol–water partition coefficient (Wildman–Crippen LogP) is 13.0. The van der Waals surface area contributed by atoms with Crippen LogP contribution in [0.15, 0.2) is 127 Å². The van der Waals surface area contributed by atoms with Crippen LogP contribution >= 0.6 is 22.7 Å². The first-order valence-electron chi connectivity index (χ1n) is 16.6. The summed E-state index contributed by atoms with van der Waals surface area (Å²) in [6, 6.07) is 48.5. The van der Waals surface area contributed by atoms with E-state index in [1.165, 1.54) is 94.2 Å². The van der Waals surface area contributed by atoms with Gasteiger partial charge in [-0.3, -0.25) is 0 Å². The summed E-state index contributed by atoms with van der Waals surface area (Å²) >= 11 is 3.79. The van der Waals surface area contributed by atoms with E-state index in [-0.39, 0.29) is 5.41 Å². The summed E-state index contributed by atoms with van der Waals surface area (Å²) in [7, 11) is 0. The summed E-state index contributed by atoms with van der Waals surface area (Å²) < 4.78 is 5.37. The zero-order chi connectivity index (χ0) is 30.0. The van der Waals surface area contributed by atoms with Gasteiger partial charge in [-0.15, -0.1) is 22.7 Å². The minimum Gasteiger partial charge on any atom is -0.310 e. The van der Waals surface area contributed by atoms with Gasteiger partial charge in [0.2, 0.25) is 0 Å². The summed E-state index contributed by atoms with van der Waals surface area (Å²) in [5.74, 6) is 1.60. The molecule has 0 saturated heterocycles. The second-order valence-corrected chi connectivity index (χ2v) is 15.9. The first kappa shape index (κ1) is 25.7. The maximum Gasteiger partial charge on any atom is 0.0543 e. The molecule has 2 aromatic heterocycles. The summed E-state index contributed by atoms with van der Waals surface area (Å²) in [5.41, 5.74) is 9.91. The maximum absolute atomic E-state index is 2.57. The number of nitrogens with zero attached hydrogens (tertiary/aromatic N) is 1. The van der Waals surface area contributed by atoms with Crippen molar-refractivity contribution in [2.24, 2.45) is 11.8 Å². The lowest BCUT2D eigenvalue weighted by Crippen LogP contribution is -2.31. The number of rotatable bonds is 3. The molecule has 46 heavy (non-hydrogen) atoms. The van der Waals surface area contributed by atoms with Crippen molar-refractivity contribution in [3.63, 3.8) is 0 Å². The highest BCUT2D eigenvalue weighted by molar-refractivity contribution is 7.26. The summed E-state index contributed by atoms with van der Waals surface area (Å²) in [5, 5.41) is 5.37. The Balaban J connectivity index is 1.20. The van der Waals surface area contributed by atoms with Crippen LogP contribution in [0.5, 0.6) is 0 Å². The molecule has 1 spiro atoms. The highest BCUT2D eigenvalue weighted by atomic mass is 32.1. The zero-order valence-electron chi connectivity index (χ0n) is 25.4. The molecule has 0 amide bonds. The molecule has 0 aliphatic heterocycles. The van der Waals surface area contributed by atoms with Gasteiger partial charge in [-0.05, 0) is 96.3 Å². The van der Waals surface area contributed by atoms with E-state index in [1.807, 2.05) is 22.7 Å². The molecule has 3 heteroatoms. The van der Waals surface area contributed by atoms with Crippen LogP contribution in [0.1, 0.15) is 36.8 Å². The van der Waals surface area contributed by atoms with Gasteiger partial charge >= 0.3 is 0 Å². The number of anilines is 3. The minimum absolute atomic E-state index is 0.152. The first-order chi connectivity index (χ1) is 22.8. The fourth-order valence-electron chi connectivity index (χ4n) is 9.74. The number of thiophene rings is 2. The molecule has 2 fully saturated rings. The third-order valence-corrected chi connectivity index (χ3v) is 13.8. The van der Waals surface area contributed by atoms with E-state index in [1.54, 1.807) is 11.1 Å². The highest BCUT2D eigenvalue weighted by Gasteiger charge is 2.57. The molecule has 0 N–H and O–H groups in total. The van der Waals surface area contributed by atoms with Crippen molar-refractivity contribution >= 4 is 80.1 Å². The Kier molecular flexibility index (Phi) is 5.21. The lowest BCUT2D eigenvalue weighted by molar-refractivity contribution is 0.327. The number of hydrogen-bond acceptors (Lipinski definition) is 3. The normalized spacial score (nSPS) is 21.2. The number of benzene rings is 6. The lowest BCUT2D eigenvalue weighted by atomic mass is 9.67. The smallest absolute Gasteiger partial charge is 0.0543 e. The fraction of sp³-hybridized carbons (Fsp3) is 0.163. The molecule has 2 saturated carbocycles. The molecule has 0 radical (unpaired) electrons. The van der Waals surface area contributed by atoms with E-state index in [9.17, 15) is 0 Å². The Morgan fingerprint density at radius 1 is 0.543 bits per heavy atom. The molecule has 3 aliphatic rings. The van der Waals surface area contributed by atoms with Crippen LogP contribution < -0.4 is 4.90 Å². The average molecular weight is 626 g/mol. The van der Waals surface area contributed by atoms with Gasteiger partial charge in [0, 0.05) is 62.7 Å². The van der Waals surface area contributed by atoms with Gasteiger partial charge in [-0.1, -0.05) is 85.3 Å². The van der Waals surface area contributed by atoms with E-state index < -0.39 is 0 Å². The molecule has 11 rings (SSSR count). The largest absolute Gasteiger partial charge is 0.310 e. The van der Waals surface area contributed by atoms with Crippen LogP contribution in [0, 0.1) is 11.8 Å². The maximum atomic E-state index is 2.57. The van der Waals surface area contributed by atoms with Gasteiger partial charge in [-0.25, -0.2) is 0 Å². The summed E-state index contributed by atoms with van der Waals surface area (Å²) in [6.45, 7) is 0. The molecule has 8 aromatic rings. The van der Waals surface area contributed by atoms with Crippen molar-refractivity contribution in [3.05, 3.63) is 139 Å². The quantitative estimate of drug-likeness (QED) is 0.189. The van der Waals surface area contributed by atoms with Gasteiger partial charge in [0.05, 0.1) is 5.69 Å². The van der Waals surface area contributed by atoms with Gasteiger partial charge in [0.25, 0.3) is 0 Å². The van der Waals surface area contributed by atoms with Gasteiger partial charge in [-0.2, -0.15) is 0 Å². The van der Waals surface area contributed by atoms with Crippen LogP contribution in [0.2, 0.25) is 0 Å². The Morgan fingerprint density at radius 3 is 2.04 bits per heavy atom.